The maximum absolute atomic E-state index is 5.52. The van der Waals surface area contributed by atoms with Crippen LogP contribution in [-0.4, -0.2) is 34.5 Å². The van der Waals surface area contributed by atoms with Crippen LogP contribution >= 0.6 is 0 Å². The SMILES string of the molecule is CNCNCC(C)(C)c1cc(OC)c(C)cc1OC. The summed E-state index contributed by atoms with van der Waals surface area (Å²) >= 11 is 0. The smallest absolute Gasteiger partial charge is 0.123 e. The van der Waals surface area contributed by atoms with E-state index in [1.165, 1.54) is 0 Å². The Hall–Kier alpha value is -1.26. The maximum atomic E-state index is 5.52. The van der Waals surface area contributed by atoms with Gasteiger partial charge in [-0.3, -0.25) is 0 Å². The highest BCUT2D eigenvalue weighted by molar-refractivity contribution is 5.49. The van der Waals surface area contributed by atoms with Crippen molar-refractivity contribution in [3.63, 3.8) is 0 Å². The van der Waals surface area contributed by atoms with Gasteiger partial charge in [0.05, 0.1) is 14.2 Å². The molecule has 0 radical (unpaired) electrons. The molecule has 108 valence electrons. The number of ether oxygens (including phenoxy) is 2. The summed E-state index contributed by atoms with van der Waals surface area (Å²) in [7, 11) is 5.34. The summed E-state index contributed by atoms with van der Waals surface area (Å²) in [6.07, 6.45) is 0. The van der Waals surface area contributed by atoms with Gasteiger partial charge in [0.25, 0.3) is 0 Å². The fourth-order valence-corrected chi connectivity index (χ4v) is 2.17. The lowest BCUT2D eigenvalue weighted by atomic mass is 9.83. The van der Waals surface area contributed by atoms with Crippen molar-refractivity contribution >= 4 is 0 Å². The molecular weight excluding hydrogens is 240 g/mol. The fourth-order valence-electron chi connectivity index (χ4n) is 2.17. The minimum absolute atomic E-state index is 0.0385. The van der Waals surface area contributed by atoms with Crippen molar-refractivity contribution in [3.05, 3.63) is 23.3 Å². The van der Waals surface area contributed by atoms with E-state index >= 15 is 0 Å². The summed E-state index contributed by atoms with van der Waals surface area (Å²) in [5.41, 5.74) is 2.20. The molecule has 0 fully saturated rings. The Morgan fingerprint density at radius 1 is 1.11 bits per heavy atom. The molecule has 0 aliphatic rings. The predicted molar refractivity (Wildman–Crippen MR) is 79.2 cm³/mol. The van der Waals surface area contributed by atoms with Gasteiger partial charge in [0.2, 0.25) is 0 Å². The molecule has 0 bridgehead atoms. The third-order valence-electron chi connectivity index (χ3n) is 3.31. The van der Waals surface area contributed by atoms with Gasteiger partial charge in [-0.05, 0) is 31.7 Å². The average Bonchev–Trinajstić information content (AvgIpc) is 2.38. The van der Waals surface area contributed by atoms with Crippen LogP contribution in [0.3, 0.4) is 0 Å². The Labute approximate surface area is 116 Å². The van der Waals surface area contributed by atoms with Crippen molar-refractivity contribution in [1.82, 2.24) is 10.6 Å². The number of hydrogen-bond donors (Lipinski definition) is 2. The van der Waals surface area contributed by atoms with Gasteiger partial charge in [-0.1, -0.05) is 13.8 Å². The molecular formula is C15H26N2O2. The number of hydrogen-bond acceptors (Lipinski definition) is 4. The molecule has 2 N–H and O–H groups in total. The van der Waals surface area contributed by atoms with Crippen LogP contribution in [0, 0.1) is 6.92 Å². The van der Waals surface area contributed by atoms with Crippen LogP contribution in [0.1, 0.15) is 25.0 Å². The molecule has 1 aromatic carbocycles. The van der Waals surface area contributed by atoms with Gasteiger partial charge in [0.1, 0.15) is 11.5 Å². The first kappa shape index (κ1) is 15.8. The van der Waals surface area contributed by atoms with Crippen LogP contribution in [0.2, 0.25) is 0 Å². The third kappa shape index (κ3) is 3.85. The van der Waals surface area contributed by atoms with E-state index in [2.05, 4.69) is 30.5 Å². The summed E-state index contributed by atoms with van der Waals surface area (Å²) in [5, 5.41) is 6.45. The van der Waals surface area contributed by atoms with Gasteiger partial charge in [0, 0.05) is 24.2 Å². The van der Waals surface area contributed by atoms with Gasteiger partial charge in [-0.2, -0.15) is 0 Å². The van der Waals surface area contributed by atoms with E-state index in [4.69, 9.17) is 9.47 Å². The van der Waals surface area contributed by atoms with E-state index in [1.54, 1.807) is 14.2 Å². The summed E-state index contributed by atoms with van der Waals surface area (Å²) in [4.78, 5) is 0. The first-order valence-electron chi connectivity index (χ1n) is 6.54. The minimum Gasteiger partial charge on any atom is -0.496 e. The van der Waals surface area contributed by atoms with Gasteiger partial charge < -0.3 is 20.1 Å². The molecule has 0 amide bonds. The number of nitrogens with one attached hydrogen (secondary N) is 2. The van der Waals surface area contributed by atoms with Crippen LogP contribution in [0.5, 0.6) is 11.5 Å². The first-order valence-corrected chi connectivity index (χ1v) is 6.54. The van der Waals surface area contributed by atoms with Gasteiger partial charge in [0.15, 0.2) is 0 Å². The summed E-state index contributed by atoms with van der Waals surface area (Å²) in [6.45, 7) is 8.06. The zero-order valence-corrected chi connectivity index (χ0v) is 12.9. The van der Waals surface area contributed by atoms with Crippen molar-refractivity contribution in [2.24, 2.45) is 0 Å². The number of methoxy groups -OCH3 is 2. The number of aryl methyl sites for hydroxylation is 1. The number of rotatable bonds is 7. The highest BCUT2D eigenvalue weighted by Gasteiger charge is 2.25. The quantitative estimate of drug-likeness (QED) is 0.585. The average molecular weight is 266 g/mol. The van der Waals surface area contributed by atoms with E-state index in [0.717, 1.165) is 35.8 Å². The van der Waals surface area contributed by atoms with Gasteiger partial charge in [-0.15, -0.1) is 0 Å². The molecule has 0 unspecified atom stereocenters. The van der Waals surface area contributed by atoms with Crippen LogP contribution < -0.4 is 20.1 Å². The summed E-state index contributed by atoms with van der Waals surface area (Å²) < 4.78 is 10.9. The molecule has 0 atom stereocenters. The largest absolute Gasteiger partial charge is 0.496 e. The maximum Gasteiger partial charge on any atom is 0.123 e. The van der Waals surface area contributed by atoms with Crippen molar-refractivity contribution < 1.29 is 9.47 Å². The lowest BCUT2D eigenvalue weighted by Gasteiger charge is -2.28. The summed E-state index contributed by atoms with van der Waals surface area (Å²) in [5.74, 6) is 1.81. The third-order valence-corrected chi connectivity index (χ3v) is 3.31. The predicted octanol–water partition coefficient (Wildman–Crippen LogP) is 2.06. The van der Waals surface area contributed by atoms with Crippen LogP contribution in [0.15, 0.2) is 12.1 Å². The molecule has 0 saturated carbocycles. The molecule has 0 aliphatic carbocycles. The zero-order chi connectivity index (χ0) is 14.5. The molecule has 0 aliphatic heterocycles. The molecule has 0 heterocycles. The standard InChI is InChI=1S/C15H26N2O2/c1-11-7-14(19-6)12(8-13(11)18-5)15(2,3)9-17-10-16-4/h7-8,16-17H,9-10H2,1-6H3. The van der Waals surface area contributed by atoms with E-state index in [-0.39, 0.29) is 5.41 Å². The molecule has 0 saturated heterocycles. The highest BCUT2D eigenvalue weighted by Crippen LogP contribution is 2.36. The van der Waals surface area contributed by atoms with Crippen LogP contribution in [0.25, 0.3) is 0 Å². The molecule has 0 aromatic heterocycles. The molecule has 4 nitrogen and oxygen atoms in total. The minimum atomic E-state index is -0.0385. The van der Waals surface area contributed by atoms with E-state index in [0.29, 0.717) is 0 Å². The Bertz CT molecular complexity index is 417. The van der Waals surface area contributed by atoms with Crippen LogP contribution in [-0.2, 0) is 5.41 Å². The monoisotopic (exact) mass is 266 g/mol. The normalized spacial score (nSPS) is 11.5. The molecule has 1 rings (SSSR count). The topological polar surface area (TPSA) is 42.5 Å². The van der Waals surface area contributed by atoms with Gasteiger partial charge >= 0.3 is 0 Å². The fraction of sp³-hybridized carbons (Fsp3) is 0.600. The van der Waals surface area contributed by atoms with Crippen LogP contribution in [0.4, 0.5) is 0 Å². The Morgan fingerprint density at radius 3 is 2.26 bits per heavy atom. The number of benzene rings is 1. The van der Waals surface area contributed by atoms with Crippen molar-refractivity contribution in [1.29, 1.82) is 0 Å². The summed E-state index contributed by atoms with van der Waals surface area (Å²) in [6, 6.07) is 4.11. The second-order valence-electron chi connectivity index (χ2n) is 5.36. The Kier molecular flexibility index (Phi) is 5.63. The lowest BCUT2D eigenvalue weighted by Crippen LogP contribution is -2.37. The van der Waals surface area contributed by atoms with E-state index in [1.807, 2.05) is 20.0 Å². The van der Waals surface area contributed by atoms with E-state index in [9.17, 15) is 0 Å². The Morgan fingerprint density at radius 2 is 1.74 bits per heavy atom. The van der Waals surface area contributed by atoms with Gasteiger partial charge in [-0.25, -0.2) is 0 Å². The van der Waals surface area contributed by atoms with E-state index < -0.39 is 0 Å². The second kappa shape index (κ2) is 6.78. The van der Waals surface area contributed by atoms with Crippen molar-refractivity contribution in [2.45, 2.75) is 26.2 Å². The second-order valence-corrected chi connectivity index (χ2v) is 5.36. The first-order chi connectivity index (χ1) is 8.96. The molecule has 4 heteroatoms. The highest BCUT2D eigenvalue weighted by atomic mass is 16.5. The molecule has 0 spiro atoms. The van der Waals surface area contributed by atoms with Crippen molar-refractivity contribution in [2.75, 3.05) is 34.5 Å². The molecule has 1 aromatic rings. The zero-order valence-electron chi connectivity index (χ0n) is 12.9. The van der Waals surface area contributed by atoms with Crippen molar-refractivity contribution in [3.8, 4) is 11.5 Å². The Balaban J connectivity index is 3.08. The lowest BCUT2D eigenvalue weighted by molar-refractivity contribution is 0.375. The molecule has 19 heavy (non-hydrogen) atoms.